The van der Waals surface area contributed by atoms with E-state index in [0.29, 0.717) is 23.7 Å². The number of benzene rings is 2. The number of amides is 2. The van der Waals surface area contributed by atoms with Crippen molar-refractivity contribution in [1.82, 2.24) is 10.9 Å². The van der Waals surface area contributed by atoms with Crippen LogP contribution in [-0.4, -0.2) is 32.6 Å². The zero-order valence-corrected chi connectivity index (χ0v) is 15.1. The summed E-state index contributed by atoms with van der Waals surface area (Å²) < 4.78 is 28.3. The van der Waals surface area contributed by atoms with E-state index >= 15 is 0 Å². The summed E-state index contributed by atoms with van der Waals surface area (Å²) in [6.07, 6.45) is 0.608. The molecule has 2 aromatic rings. The normalized spacial score (nSPS) is 10.0. The Hall–Kier alpha value is -3.29. The van der Waals surface area contributed by atoms with Gasteiger partial charge in [0.25, 0.3) is 5.91 Å². The van der Waals surface area contributed by atoms with Gasteiger partial charge in [-0.2, -0.15) is 0 Å². The van der Waals surface area contributed by atoms with Crippen LogP contribution >= 0.6 is 0 Å². The highest BCUT2D eigenvalue weighted by atomic mass is 19.1. The Morgan fingerprint density at radius 3 is 2.07 bits per heavy atom. The fourth-order valence-corrected chi connectivity index (χ4v) is 2.19. The van der Waals surface area contributed by atoms with Crippen molar-refractivity contribution in [2.75, 3.05) is 20.8 Å². The van der Waals surface area contributed by atoms with Gasteiger partial charge in [0, 0.05) is 12.5 Å². The lowest BCUT2D eigenvalue weighted by Gasteiger charge is -2.10. The maximum Gasteiger partial charge on any atom is 0.276 e. The van der Waals surface area contributed by atoms with Crippen molar-refractivity contribution in [2.24, 2.45) is 0 Å². The second kappa shape index (κ2) is 10.0. The Kier molecular flexibility index (Phi) is 7.42. The summed E-state index contributed by atoms with van der Waals surface area (Å²) in [6, 6.07) is 10.6. The van der Waals surface area contributed by atoms with Gasteiger partial charge in [-0.25, -0.2) is 4.39 Å². The molecule has 0 radical (unpaired) electrons. The van der Waals surface area contributed by atoms with E-state index in [4.69, 9.17) is 14.2 Å². The number of rotatable bonds is 8. The van der Waals surface area contributed by atoms with Crippen molar-refractivity contribution in [1.29, 1.82) is 0 Å². The van der Waals surface area contributed by atoms with Crippen molar-refractivity contribution in [3.63, 3.8) is 0 Å². The summed E-state index contributed by atoms with van der Waals surface area (Å²) in [4.78, 5) is 23.5. The molecule has 0 bridgehead atoms. The van der Waals surface area contributed by atoms with Crippen LogP contribution in [0.2, 0.25) is 0 Å². The molecule has 0 saturated carbocycles. The van der Waals surface area contributed by atoms with Crippen LogP contribution in [0.4, 0.5) is 4.39 Å². The highest BCUT2D eigenvalue weighted by Gasteiger charge is 2.08. The third-order valence-corrected chi connectivity index (χ3v) is 3.58. The molecule has 0 aromatic heterocycles. The molecule has 2 rings (SSSR count). The lowest BCUT2D eigenvalue weighted by atomic mass is 10.1. The molecule has 144 valence electrons. The summed E-state index contributed by atoms with van der Waals surface area (Å²) >= 11 is 0. The minimum atomic E-state index is -0.532. The molecule has 2 aromatic carbocycles. The Labute approximate surface area is 156 Å². The van der Waals surface area contributed by atoms with Gasteiger partial charge in [-0.1, -0.05) is 0 Å². The number of methoxy groups -OCH3 is 2. The van der Waals surface area contributed by atoms with Crippen LogP contribution in [0.25, 0.3) is 0 Å². The van der Waals surface area contributed by atoms with E-state index in [2.05, 4.69) is 10.9 Å². The fourth-order valence-electron chi connectivity index (χ4n) is 2.19. The number of halogens is 1. The number of carbonyl (C=O) groups is 2. The van der Waals surface area contributed by atoms with Crippen molar-refractivity contribution in [2.45, 2.75) is 12.8 Å². The van der Waals surface area contributed by atoms with Gasteiger partial charge < -0.3 is 14.2 Å². The van der Waals surface area contributed by atoms with Gasteiger partial charge in [0.1, 0.15) is 23.1 Å². The summed E-state index contributed by atoms with van der Waals surface area (Å²) in [5.74, 6) is 0.340. The van der Waals surface area contributed by atoms with Crippen molar-refractivity contribution in [3.05, 3.63) is 53.8 Å². The average Bonchev–Trinajstić information content (AvgIpc) is 2.69. The van der Waals surface area contributed by atoms with Gasteiger partial charge in [0.2, 0.25) is 5.91 Å². The van der Waals surface area contributed by atoms with Gasteiger partial charge in [0.15, 0.2) is 6.61 Å². The van der Waals surface area contributed by atoms with Crippen LogP contribution in [0, 0.1) is 5.82 Å². The first-order valence-corrected chi connectivity index (χ1v) is 8.18. The van der Waals surface area contributed by atoms with Gasteiger partial charge >= 0.3 is 0 Å². The molecule has 2 N–H and O–H groups in total. The van der Waals surface area contributed by atoms with Crippen molar-refractivity contribution in [3.8, 4) is 17.2 Å². The van der Waals surface area contributed by atoms with Crippen LogP contribution in [0.5, 0.6) is 17.2 Å². The average molecular weight is 376 g/mol. The zero-order chi connectivity index (χ0) is 19.6. The van der Waals surface area contributed by atoms with Crippen molar-refractivity contribution < 1.29 is 28.2 Å². The lowest BCUT2D eigenvalue weighted by molar-refractivity contribution is -0.130. The molecular weight excluding hydrogens is 355 g/mol. The molecule has 8 heteroatoms. The number of aryl methyl sites for hydroxylation is 1. The summed E-state index contributed by atoms with van der Waals surface area (Å²) in [6.45, 7) is -0.307. The molecule has 0 aliphatic heterocycles. The minimum Gasteiger partial charge on any atom is -0.497 e. The quantitative estimate of drug-likeness (QED) is 0.689. The maximum atomic E-state index is 12.8. The van der Waals surface area contributed by atoms with Gasteiger partial charge in [-0.15, -0.1) is 0 Å². The Balaban J connectivity index is 1.72. The number of hydrogen-bond acceptors (Lipinski definition) is 5. The topological polar surface area (TPSA) is 85.9 Å². The Morgan fingerprint density at radius 1 is 0.889 bits per heavy atom. The van der Waals surface area contributed by atoms with Crippen LogP contribution in [0.15, 0.2) is 42.5 Å². The zero-order valence-electron chi connectivity index (χ0n) is 15.1. The van der Waals surface area contributed by atoms with E-state index in [0.717, 1.165) is 5.56 Å². The number of ether oxygens (including phenoxy) is 3. The standard InChI is InChI=1S/C19H21FN2O5/c1-25-16-9-13(10-17(11-16)26-2)3-8-18(23)21-22-19(24)12-27-15-6-4-14(20)5-7-15/h4-7,9-11H,3,8,12H2,1-2H3,(H,21,23)(H,22,24). The summed E-state index contributed by atoms with van der Waals surface area (Å²) in [5.41, 5.74) is 5.44. The third-order valence-electron chi connectivity index (χ3n) is 3.58. The molecular formula is C19H21FN2O5. The Bertz CT molecular complexity index is 758. The minimum absolute atomic E-state index is 0.162. The first-order valence-electron chi connectivity index (χ1n) is 8.18. The van der Waals surface area contributed by atoms with Crippen LogP contribution < -0.4 is 25.1 Å². The molecule has 27 heavy (non-hydrogen) atoms. The second-order valence-corrected chi connectivity index (χ2v) is 5.56. The molecule has 0 fully saturated rings. The van der Waals surface area contributed by atoms with Gasteiger partial charge in [-0.05, 0) is 48.4 Å². The Morgan fingerprint density at radius 2 is 1.48 bits per heavy atom. The van der Waals surface area contributed by atoms with Crippen LogP contribution in [-0.2, 0) is 16.0 Å². The predicted molar refractivity (Wildman–Crippen MR) is 96.0 cm³/mol. The van der Waals surface area contributed by atoms with E-state index in [1.807, 2.05) is 12.1 Å². The molecule has 0 spiro atoms. The fraction of sp³-hybridized carbons (Fsp3) is 0.263. The molecule has 0 saturated heterocycles. The largest absolute Gasteiger partial charge is 0.497 e. The highest BCUT2D eigenvalue weighted by Crippen LogP contribution is 2.23. The van der Waals surface area contributed by atoms with Crippen molar-refractivity contribution >= 4 is 11.8 Å². The molecule has 0 aliphatic carbocycles. The van der Waals surface area contributed by atoms with E-state index in [9.17, 15) is 14.0 Å². The SMILES string of the molecule is COc1cc(CCC(=O)NNC(=O)COc2ccc(F)cc2)cc(OC)c1. The van der Waals surface area contributed by atoms with Crippen LogP contribution in [0.1, 0.15) is 12.0 Å². The van der Waals surface area contributed by atoms with E-state index < -0.39 is 11.7 Å². The number of carbonyl (C=O) groups excluding carboxylic acids is 2. The molecule has 0 atom stereocenters. The first kappa shape index (κ1) is 20.0. The molecule has 7 nitrogen and oxygen atoms in total. The highest BCUT2D eigenvalue weighted by molar-refractivity contribution is 5.82. The van der Waals surface area contributed by atoms with Crippen LogP contribution in [0.3, 0.4) is 0 Å². The van der Waals surface area contributed by atoms with E-state index in [1.165, 1.54) is 24.3 Å². The summed E-state index contributed by atoms with van der Waals surface area (Å²) in [7, 11) is 3.10. The number of hydrazine groups is 1. The third kappa shape index (κ3) is 6.85. The number of hydrogen-bond donors (Lipinski definition) is 2. The lowest BCUT2D eigenvalue weighted by Crippen LogP contribution is -2.43. The molecule has 0 aliphatic rings. The monoisotopic (exact) mass is 376 g/mol. The van der Waals surface area contributed by atoms with E-state index in [1.54, 1.807) is 20.3 Å². The first-order chi connectivity index (χ1) is 13.0. The second-order valence-electron chi connectivity index (χ2n) is 5.56. The smallest absolute Gasteiger partial charge is 0.276 e. The summed E-state index contributed by atoms with van der Waals surface area (Å²) in [5, 5.41) is 0. The molecule has 0 unspecified atom stereocenters. The van der Waals surface area contributed by atoms with Gasteiger partial charge in [0.05, 0.1) is 14.2 Å². The molecule has 0 heterocycles. The predicted octanol–water partition coefficient (Wildman–Crippen LogP) is 2.00. The van der Waals surface area contributed by atoms with E-state index in [-0.39, 0.29) is 18.9 Å². The number of nitrogens with one attached hydrogen (secondary N) is 2. The molecule has 2 amide bonds. The van der Waals surface area contributed by atoms with Gasteiger partial charge in [-0.3, -0.25) is 20.4 Å². The maximum absolute atomic E-state index is 12.8.